The first-order chi connectivity index (χ1) is 15.3. The van der Waals surface area contributed by atoms with E-state index in [2.05, 4.69) is 99.0 Å². The molecule has 2 bridgehead atoms. The molecule has 0 radical (unpaired) electrons. The summed E-state index contributed by atoms with van der Waals surface area (Å²) in [5, 5.41) is 12.9. The molecule has 0 aromatic rings. The minimum Gasteiger partial charge on any atom is -0.416 e. The topological polar surface area (TPSA) is 47.9 Å². The molecule has 1 saturated heterocycles. The van der Waals surface area contributed by atoms with Crippen molar-refractivity contribution >= 4 is 16.6 Å². The van der Waals surface area contributed by atoms with Crippen molar-refractivity contribution in [3.63, 3.8) is 0 Å². The number of hydrogen-bond acceptors (Lipinski definition) is 4. The Bertz CT molecular complexity index is 882. The molecule has 2 aliphatic carbocycles. The molecule has 6 atom stereocenters. The second-order valence-electron chi connectivity index (χ2n) is 14.8. The second-order valence-corrected chi connectivity index (χ2v) is 24.4. The monoisotopic (exact) mass is 506 g/mol. The minimum absolute atomic E-state index is 0.102. The van der Waals surface area contributed by atoms with Gasteiger partial charge in [-0.2, -0.15) is 0 Å². The molecule has 6 heteroatoms. The number of aliphatic hydroxyl groups is 1. The van der Waals surface area contributed by atoms with Gasteiger partial charge in [0.05, 0.1) is 28.1 Å². The lowest BCUT2D eigenvalue weighted by Gasteiger charge is -2.62. The highest BCUT2D eigenvalue weighted by Crippen LogP contribution is 2.73. The molecular weight excluding hydrogens is 456 g/mol. The number of fused-ring (bicyclic) bond motifs is 7. The molecule has 0 spiro atoms. The van der Waals surface area contributed by atoms with E-state index < -0.39 is 38.7 Å². The summed E-state index contributed by atoms with van der Waals surface area (Å²) in [5.41, 5.74) is -2.39. The smallest absolute Gasteiger partial charge is 0.192 e. The standard InChI is InChI=1S/C28H50O4Si2/c1-23(2,3)33(8,9)30-19-26-18-14-21-13-12-16-28(21,29)27(26,22-15-17-25(26,7)32-22)20-31-34(10,11)24(4,5)6/h14-15,17-18,21-22,29H,12-13,16,19-20H2,1-11H3/t21-,22+,25-,26+,27+,28-/m0/s1. The van der Waals surface area contributed by atoms with Gasteiger partial charge in [0.25, 0.3) is 0 Å². The summed E-state index contributed by atoms with van der Waals surface area (Å²) in [6.07, 6.45) is 11.8. The van der Waals surface area contributed by atoms with E-state index in [9.17, 15) is 5.11 Å². The van der Waals surface area contributed by atoms with Gasteiger partial charge < -0.3 is 18.7 Å². The Balaban J connectivity index is 1.84. The molecule has 2 fully saturated rings. The SMILES string of the molecule is CC(C)(C)[Si](C)(C)OC[C@@]12C=C[C@@H]3CCC[C@@]3(O)[C@]1(CO[Si](C)(C)C(C)(C)C)[C@H]1C=C[C@]2(C)O1. The Morgan fingerprint density at radius 1 is 0.912 bits per heavy atom. The molecule has 0 unspecified atom stereocenters. The van der Waals surface area contributed by atoms with Crippen LogP contribution < -0.4 is 0 Å². The zero-order valence-electron chi connectivity index (χ0n) is 23.7. The van der Waals surface area contributed by atoms with Crippen LogP contribution >= 0.6 is 0 Å². The highest BCUT2D eigenvalue weighted by molar-refractivity contribution is 6.74. The van der Waals surface area contributed by atoms with Gasteiger partial charge in [0.15, 0.2) is 16.6 Å². The maximum atomic E-state index is 12.6. The van der Waals surface area contributed by atoms with Gasteiger partial charge in [-0.15, -0.1) is 0 Å². The lowest BCUT2D eigenvalue weighted by atomic mass is 9.44. The van der Waals surface area contributed by atoms with Crippen molar-refractivity contribution < 1.29 is 18.7 Å². The van der Waals surface area contributed by atoms with Crippen molar-refractivity contribution in [1.29, 1.82) is 0 Å². The van der Waals surface area contributed by atoms with E-state index >= 15 is 0 Å². The molecule has 1 N–H and O–H groups in total. The van der Waals surface area contributed by atoms with Crippen LogP contribution in [0.5, 0.6) is 0 Å². The van der Waals surface area contributed by atoms with Gasteiger partial charge in [-0.05, 0) is 62.5 Å². The third-order valence-corrected chi connectivity index (χ3v) is 20.1. The Labute approximate surface area is 210 Å². The predicted octanol–water partition coefficient (Wildman–Crippen LogP) is 6.83. The van der Waals surface area contributed by atoms with E-state index in [1.165, 1.54) is 0 Å². The average Bonchev–Trinajstić information content (AvgIpc) is 3.32. The number of rotatable bonds is 6. The van der Waals surface area contributed by atoms with Crippen LogP contribution in [0.15, 0.2) is 24.3 Å². The molecule has 0 amide bonds. The van der Waals surface area contributed by atoms with E-state index in [1.54, 1.807) is 0 Å². The molecule has 4 rings (SSSR count). The summed E-state index contributed by atoms with van der Waals surface area (Å²) < 4.78 is 20.8. The highest BCUT2D eigenvalue weighted by Gasteiger charge is 2.80. The van der Waals surface area contributed by atoms with Crippen molar-refractivity contribution in [3.8, 4) is 0 Å². The highest BCUT2D eigenvalue weighted by atomic mass is 28.4. The van der Waals surface area contributed by atoms with Crippen molar-refractivity contribution in [2.45, 2.75) is 121 Å². The first-order valence-corrected chi connectivity index (χ1v) is 19.2. The van der Waals surface area contributed by atoms with Gasteiger partial charge in [-0.3, -0.25) is 0 Å². The molecule has 4 nitrogen and oxygen atoms in total. The Hall–Kier alpha value is -0.246. The lowest BCUT2D eigenvalue weighted by Crippen LogP contribution is -2.71. The largest absolute Gasteiger partial charge is 0.416 e. The van der Waals surface area contributed by atoms with Crippen LogP contribution in [0, 0.1) is 16.7 Å². The van der Waals surface area contributed by atoms with E-state index in [0.29, 0.717) is 13.2 Å². The van der Waals surface area contributed by atoms with Crippen LogP contribution in [0.1, 0.15) is 67.7 Å². The predicted molar refractivity (Wildman–Crippen MR) is 145 cm³/mol. The van der Waals surface area contributed by atoms with Gasteiger partial charge >= 0.3 is 0 Å². The zero-order valence-corrected chi connectivity index (χ0v) is 25.7. The Kier molecular flexibility index (Phi) is 6.02. The van der Waals surface area contributed by atoms with E-state index in [-0.39, 0.29) is 22.1 Å². The summed E-state index contributed by atoms with van der Waals surface area (Å²) in [6, 6.07) is 0. The fraction of sp³-hybridized carbons (Fsp3) is 0.857. The van der Waals surface area contributed by atoms with Crippen LogP contribution in [0.3, 0.4) is 0 Å². The van der Waals surface area contributed by atoms with Gasteiger partial charge in [0.2, 0.25) is 0 Å². The van der Waals surface area contributed by atoms with Gasteiger partial charge in [-0.25, -0.2) is 0 Å². The third-order valence-electron chi connectivity index (χ3n) is 11.1. The van der Waals surface area contributed by atoms with Crippen LogP contribution in [-0.4, -0.2) is 52.3 Å². The second kappa shape index (κ2) is 7.64. The normalized spacial score (nSPS) is 41.8. The van der Waals surface area contributed by atoms with Crippen molar-refractivity contribution in [2.75, 3.05) is 13.2 Å². The lowest BCUT2D eigenvalue weighted by molar-refractivity contribution is -0.187. The summed E-state index contributed by atoms with van der Waals surface area (Å²) in [6.45, 7) is 26.3. The van der Waals surface area contributed by atoms with E-state index in [0.717, 1.165) is 19.3 Å². The van der Waals surface area contributed by atoms with E-state index in [4.69, 9.17) is 13.6 Å². The maximum Gasteiger partial charge on any atom is 0.192 e. The molecule has 194 valence electrons. The fourth-order valence-electron chi connectivity index (χ4n) is 6.56. The molecular formula is C28H50O4Si2. The van der Waals surface area contributed by atoms with Crippen LogP contribution in [-0.2, 0) is 13.6 Å². The van der Waals surface area contributed by atoms with Crippen molar-refractivity contribution in [1.82, 2.24) is 0 Å². The fourth-order valence-corrected chi connectivity index (χ4v) is 8.60. The number of hydrogen-bond donors (Lipinski definition) is 1. The molecule has 0 aromatic carbocycles. The van der Waals surface area contributed by atoms with Crippen LogP contribution in [0.25, 0.3) is 0 Å². The van der Waals surface area contributed by atoms with Crippen molar-refractivity contribution in [3.05, 3.63) is 24.3 Å². The molecule has 2 aliphatic heterocycles. The Morgan fingerprint density at radius 2 is 1.47 bits per heavy atom. The van der Waals surface area contributed by atoms with Gasteiger partial charge in [0, 0.05) is 19.1 Å². The zero-order chi connectivity index (χ0) is 25.6. The Morgan fingerprint density at radius 3 is 2.03 bits per heavy atom. The summed E-state index contributed by atoms with van der Waals surface area (Å²) in [7, 11) is -4.07. The van der Waals surface area contributed by atoms with Crippen LogP contribution in [0.2, 0.25) is 36.3 Å². The summed E-state index contributed by atoms with van der Waals surface area (Å²) in [4.78, 5) is 0. The summed E-state index contributed by atoms with van der Waals surface area (Å²) >= 11 is 0. The number of ether oxygens (including phenoxy) is 1. The van der Waals surface area contributed by atoms with E-state index in [1.807, 2.05) is 0 Å². The molecule has 0 aromatic heterocycles. The molecule has 34 heavy (non-hydrogen) atoms. The van der Waals surface area contributed by atoms with Gasteiger partial charge in [0.1, 0.15) is 0 Å². The third kappa shape index (κ3) is 3.35. The van der Waals surface area contributed by atoms with Crippen molar-refractivity contribution in [2.24, 2.45) is 16.7 Å². The first kappa shape index (κ1) is 26.8. The van der Waals surface area contributed by atoms with Gasteiger partial charge in [-0.1, -0.05) is 65.8 Å². The minimum atomic E-state index is -2.05. The van der Waals surface area contributed by atoms with Crippen LogP contribution in [0.4, 0.5) is 0 Å². The molecule has 4 aliphatic rings. The quantitative estimate of drug-likeness (QED) is 0.317. The molecule has 1 saturated carbocycles. The first-order valence-electron chi connectivity index (χ1n) is 13.4. The average molecular weight is 507 g/mol. The summed E-state index contributed by atoms with van der Waals surface area (Å²) in [5.74, 6) is 0.150. The molecule has 2 heterocycles. The maximum absolute atomic E-state index is 12.6.